The molecule has 0 saturated carbocycles. The zero-order valence-corrected chi connectivity index (χ0v) is 15.4. The van der Waals surface area contributed by atoms with E-state index in [0.717, 1.165) is 0 Å². The Bertz CT molecular complexity index is 579. The van der Waals surface area contributed by atoms with E-state index in [2.05, 4.69) is 16.0 Å². The number of rotatable bonds is 11. The average Bonchev–Trinajstić information content (AvgIpc) is 2.54. The molecule has 0 aromatic rings. The number of aliphatic hydroxyl groups excluding tert-OH is 1. The molecule has 0 radical (unpaired) electrons. The SMILES string of the molecule is CC(N)C(=O)NC(CO)C(=O)NC(CC(N)=O)C(=O)NC(C(=O)O)C(C)C. The molecule has 4 atom stereocenters. The van der Waals surface area contributed by atoms with Crippen molar-refractivity contribution >= 4 is 29.6 Å². The Hall–Kier alpha value is -2.73. The zero-order chi connectivity index (χ0) is 21.3. The molecule has 0 bridgehead atoms. The van der Waals surface area contributed by atoms with Gasteiger partial charge >= 0.3 is 5.97 Å². The van der Waals surface area contributed by atoms with Crippen molar-refractivity contribution in [1.82, 2.24) is 16.0 Å². The lowest BCUT2D eigenvalue weighted by atomic mass is 10.0. The highest BCUT2D eigenvalue weighted by Gasteiger charge is 2.31. The Labute approximate surface area is 156 Å². The molecule has 4 unspecified atom stereocenters. The Balaban J connectivity index is 5.25. The van der Waals surface area contributed by atoms with Crippen LogP contribution in [0, 0.1) is 5.92 Å². The van der Waals surface area contributed by atoms with Crippen molar-refractivity contribution in [2.24, 2.45) is 17.4 Å². The number of carbonyl (C=O) groups is 5. The van der Waals surface area contributed by atoms with E-state index in [0.29, 0.717) is 0 Å². The molecule has 0 fully saturated rings. The van der Waals surface area contributed by atoms with Gasteiger partial charge in [0, 0.05) is 0 Å². The van der Waals surface area contributed by atoms with E-state index < -0.39 is 72.7 Å². The van der Waals surface area contributed by atoms with Crippen molar-refractivity contribution in [1.29, 1.82) is 0 Å². The summed E-state index contributed by atoms with van der Waals surface area (Å²) in [6.07, 6.45) is -0.610. The summed E-state index contributed by atoms with van der Waals surface area (Å²) < 4.78 is 0. The Morgan fingerprint density at radius 3 is 1.74 bits per heavy atom. The van der Waals surface area contributed by atoms with Crippen LogP contribution in [0.4, 0.5) is 0 Å². The fourth-order valence-corrected chi connectivity index (χ4v) is 1.95. The second kappa shape index (κ2) is 11.1. The summed E-state index contributed by atoms with van der Waals surface area (Å²) in [6, 6.07) is -5.11. The predicted molar refractivity (Wildman–Crippen MR) is 92.8 cm³/mol. The van der Waals surface area contributed by atoms with Crippen LogP contribution in [0.1, 0.15) is 27.2 Å². The molecule has 0 spiro atoms. The van der Waals surface area contributed by atoms with E-state index >= 15 is 0 Å². The number of aliphatic carboxylic acids is 1. The third-order valence-electron chi connectivity index (χ3n) is 3.50. The Morgan fingerprint density at radius 1 is 0.889 bits per heavy atom. The molecule has 0 aliphatic rings. The van der Waals surface area contributed by atoms with Crippen LogP contribution < -0.4 is 27.4 Å². The van der Waals surface area contributed by atoms with E-state index in [1.807, 2.05) is 0 Å². The first kappa shape index (κ1) is 24.3. The molecule has 0 saturated heterocycles. The van der Waals surface area contributed by atoms with E-state index in [4.69, 9.17) is 16.6 Å². The maximum atomic E-state index is 12.3. The van der Waals surface area contributed by atoms with Crippen LogP contribution in [-0.2, 0) is 24.0 Å². The number of primary amides is 1. The third-order valence-corrected chi connectivity index (χ3v) is 3.50. The van der Waals surface area contributed by atoms with Crippen molar-refractivity contribution in [3.63, 3.8) is 0 Å². The first-order chi connectivity index (χ1) is 12.4. The number of carboxylic acid groups (broad SMARTS) is 1. The summed E-state index contributed by atoms with van der Waals surface area (Å²) in [7, 11) is 0. The van der Waals surface area contributed by atoms with Crippen LogP contribution >= 0.6 is 0 Å². The lowest BCUT2D eigenvalue weighted by Crippen LogP contribution is -2.58. The highest BCUT2D eigenvalue weighted by molar-refractivity contribution is 5.96. The molecule has 12 nitrogen and oxygen atoms in total. The van der Waals surface area contributed by atoms with E-state index in [1.165, 1.54) is 6.92 Å². The fourth-order valence-electron chi connectivity index (χ4n) is 1.95. The molecule has 0 aliphatic carbocycles. The van der Waals surface area contributed by atoms with E-state index in [9.17, 15) is 29.1 Å². The van der Waals surface area contributed by atoms with Gasteiger partial charge in [-0.2, -0.15) is 0 Å². The molecule has 154 valence electrons. The molecule has 27 heavy (non-hydrogen) atoms. The molecule has 0 aromatic carbocycles. The van der Waals surface area contributed by atoms with Gasteiger partial charge < -0.3 is 37.6 Å². The van der Waals surface area contributed by atoms with Crippen LogP contribution in [0.25, 0.3) is 0 Å². The highest BCUT2D eigenvalue weighted by atomic mass is 16.4. The third kappa shape index (κ3) is 8.46. The van der Waals surface area contributed by atoms with Gasteiger partial charge in [-0.3, -0.25) is 19.2 Å². The number of aliphatic hydroxyl groups is 1. The van der Waals surface area contributed by atoms with Crippen LogP contribution in [-0.4, -0.2) is 70.6 Å². The minimum Gasteiger partial charge on any atom is -0.480 e. The molecule has 0 rings (SSSR count). The largest absolute Gasteiger partial charge is 0.480 e. The second-order valence-electron chi connectivity index (χ2n) is 6.33. The summed E-state index contributed by atoms with van der Waals surface area (Å²) in [5.41, 5.74) is 10.4. The molecule has 0 heterocycles. The molecule has 4 amide bonds. The minimum atomic E-state index is -1.49. The van der Waals surface area contributed by atoms with Crippen LogP contribution in [0.3, 0.4) is 0 Å². The minimum absolute atomic E-state index is 0.466. The molecule has 0 aromatic heterocycles. The normalized spacial score (nSPS) is 15.2. The van der Waals surface area contributed by atoms with Crippen molar-refractivity contribution in [3.8, 4) is 0 Å². The maximum Gasteiger partial charge on any atom is 0.326 e. The molecular weight excluding hydrogens is 362 g/mol. The van der Waals surface area contributed by atoms with Gasteiger partial charge in [-0.25, -0.2) is 4.79 Å². The summed E-state index contributed by atoms with van der Waals surface area (Å²) in [6.45, 7) is 3.69. The van der Waals surface area contributed by atoms with Crippen LogP contribution in [0.15, 0.2) is 0 Å². The quantitative estimate of drug-likeness (QED) is 0.187. The van der Waals surface area contributed by atoms with Gasteiger partial charge in [0.2, 0.25) is 23.6 Å². The van der Waals surface area contributed by atoms with Crippen LogP contribution in [0.5, 0.6) is 0 Å². The predicted octanol–water partition coefficient (Wildman–Crippen LogP) is -3.60. The monoisotopic (exact) mass is 389 g/mol. The molecule has 0 aliphatic heterocycles. The van der Waals surface area contributed by atoms with Crippen LogP contribution in [0.2, 0.25) is 0 Å². The van der Waals surface area contributed by atoms with Crippen molar-refractivity contribution < 1.29 is 34.2 Å². The lowest BCUT2D eigenvalue weighted by Gasteiger charge is -2.24. The topological polar surface area (TPSA) is 214 Å². The van der Waals surface area contributed by atoms with Gasteiger partial charge in [-0.05, 0) is 12.8 Å². The van der Waals surface area contributed by atoms with Gasteiger partial charge in [-0.1, -0.05) is 13.8 Å². The number of nitrogens with two attached hydrogens (primary N) is 2. The smallest absolute Gasteiger partial charge is 0.326 e. The molecule has 9 N–H and O–H groups in total. The summed E-state index contributed by atoms with van der Waals surface area (Å²) in [5, 5.41) is 24.9. The zero-order valence-electron chi connectivity index (χ0n) is 15.4. The molecular formula is C15H27N5O7. The van der Waals surface area contributed by atoms with Crippen molar-refractivity contribution in [2.75, 3.05) is 6.61 Å². The number of hydrogen-bond donors (Lipinski definition) is 7. The number of carbonyl (C=O) groups excluding carboxylic acids is 4. The first-order valence-corrected chi connectivity index (χ1v) is 8.19. The number of carboxylic acids is 1. The Kier molecular flexibility index (Phi) is 9.96. The van der Waals surface area contributed by atoms with Gasteiger partial charge in [0.25, 0.3) is 0 Å². The van der Waals surface area contributed by atoms with Gasteiger partial charge in [-0.15, -0.1) is 0 Å². The standard InChI is InChI=1S/C15H27N5O7/c1-6(2)11(15(26)27)20-13(24)8(4-10(17)22)18-14(25)9(5-21)19-12(23)7(3)16/h6-9,11,21H,4-5,16H2,1-3H3,(H2,17,22)(H,18,25)(H,19,23)(H,20,24)(H,26,27). The first-order valence-electron chi connectivity index (χ1n) is 8.19. The fraction of sp³-hybridized carbons (Fsp3) is 0.667. The highest BCUT2D eigenvalue weighted by Crippen LogP contribution is 2.04. The van der Waals surface area contributed by atoms with E-state index in [1.54, 1.807) is 13.8 Å². The number of hydrogen-bond acceptors (Lipinski definition) is 7. The average molecular weight is 389 g/mol. The van der Waals surface area contributed by atoms with E-state index in [-0.39, 0.29) is 0 Å². The Morgan fingerprint density at radius 2 is 1.37 bits per heavy atom. The molecule has 12 heteroatoms. The summed E-state index contributed by atoms with van der Waals surface area (Å²) >= 11 is 0. The van der Waals surface area contributed by atoms with Gasteiger partial charge in [0.1, 0.15) is 18.1 Å². The number of amides is 4. The van der Waals surface area contributed by atoms with Crippen molar-refractivity contribution in [2.45, 2.75) is 51.4 Å². The lowest BCUT2D eigenvalue weighted by molar-refractivity contribution is -0.143. The second-order valence-corrected chi connectivity index (χ2v) is 6.33. The van der Waals surface area contributed by atoms with Gasteiger partial charge in [0.15, 0.2) is 0 Å². The van der Waals surface area contributed by atoms with Gasteiger partial charge in [0.05, 0.1) is 19.1 Å². The number of nitrogens with one attached hydrogen (secondary N) is 3. The van der Waals surface area contributed by atoms with Crippen molar-refractivity contribution in [3.05, 3.63) is 0 Å². The summed E-state index contributed by atoms with van der Waals surface area (Å²) in [5.74, 6) is -5.31. The summed E-state index contributed by atoms with van der Waals surface area (Å²) in [4.78, 5) is 58.5. The maximum absolute atomic E-state index is 12.3.